The van der Waals surface area contributed by atoms with Gasteiger partial charge in [-0.2, -0.15) is 13.4 Å². The third-order valence-electron chi connectivity index (χ3n) is 5.03. The van der Waals surface area contributed by atoms with Gasteiger partial charge in [-0.25, -0.2) is 18.9 Å². The minimum absolute atomic E-state index is 0.0341. The van der Waals surface area contributed by atoms with E-state index in [1.165, 1.54) is 43.6 Å². The highest BCUT2D eigenvalue weighted by Crippen LogP contribution is 2.28. The molecule has 0 aliphatic heterocycles. The van der Waals surface area contributed by atoms with Gasteiger partial charge in [0, 0.05) is 36.7 Å². The normalized spacial score (nSPS) is 11.5. The van der Waals surface area contributed by atoms with Crippen LogP contribution in [0, 0.1) is 12.7 Å². The van der Waals surface area contributed by atoms with Gasteiger partial charge in [-0.15, -0.1) is 0 Å². The fraction of sp³-hybridized carbons (Fsp3) is 0.136. The van der Waals surface area contributed by atoms with E-state index in [2.05, 4.69) is 19.4 Å². The Balaban J connectivity index is 1.67. The second-order valence-electron chi connectivity index (χ2n) is 7.18. The van der Waals surface area contributed by atoms with Crippen LogP contribution >= 0.6 is 11.6 Å². The maximum absolute atomic E-state index is 15.0. The van der Waals surface area contributed by atoms with Crippen LogP contribution in [0.1, 0.15) is 16.7 Å². The van der Waals surface area contributed by atoms with Crippen molar-refractivity contribution >= 4 is 38.5 Å². The van der Waals surface area contributed by atoms with Crippen LogP contribution in [0.3, 0.4) is 0 Å². The van der Waals surface area contributed by atoms with Gasteiger partial charge in [-0.3, -0.25) is 4.72 Å². The molecule has 12 heteroatoms. The van der Waals surface area contributed by atoms with Gasteiger partial charge in [0.2, 0.25) is 0 Å². The molecule has 0 atom stereocenters. The number of ether oxygens (including phenoxy) is 1. The van der Waals surface area contributed by atoms with E-state index in [0.29, 0.717) is 16.7 Å². The molecule has 0 aliphatic carbocycles. The number of benzene rings is 2. The zero-order valence-corrected chi connectivity index (χ0v) is 19.5. The standard InChI is InChI=1S/C22H18ClFN4O5S/c1-12-15-7-6-14(32-22-26-9-8-19(23)27-22)11-18(15)33-21(29)16(12)10-13-4-3-5-17(20(13)24)28-34(30,31)25-2/h3-9,11,25,28H,10H2,1-2H3. The second kappa shape index (κ2) is 9.37. The number of nitrogens with zero attached hydrogens (tertiary/aromatic N) is 2. The molecule has 0 unspecified atom stereocenters. The van der Waals surface area contributed by atoms with E-state index in [0.717, 1.165) is 0 Å². The van der Waals surface area contributed by atoms with Crippen molar-refractivity contribution in [2.75, 3.05) is 11.8 Å². The molecular formula is C22H18ClFN4O5S. The Morgan fingerprint density at radius 2 is 2.00 bits per heavy atom. The minimum Gasteiger partial charge on any atom is -0.424 e. The Kier molecular flexibility index (Phi) is 6.51. The lowest BCUT2D eigenvalue weighted by Gasteiger charge is -2.12. The van der Waals surface area contributed by atoms with Gasteiger partial charge in [0.25, 0.3) is 10.2 Å². The first-order valence-corrected chi connectivity index (χ1v) is 11.7. The zero-order valence-electron chi connectivity index (χ0n) is 17.9. The maximum atomic E-state index is 15.0. The van der Waals surface area contributed by atoms with E-state index in [4.69, 9.17) is 20.8 Å². The van der Waals surface area contributed by atoms with Gasteiger partial charge in [0.15, 0.2) is 5.82 Å². The van der Waals surface area contributed by atoms with E-state index in [1.807, 2.05) is 0 Å². The molecule has 0 amide bonds. The summed E-state index contributed by atoms with van der Waals surface area (Å²) in [6.07, 6.45) is 1.35. The predicted molar refractivity (Wildman–Crippen MR) is 125 cm³/mol. The molecule has 4 rings (SSSR count). The Morgan fingerprint density at radius 1 is 1.21 bits per heavy atom. The number of aryl methyl sites for hydroxylation is 1. The highest BCUT2D eigenvalue weighted by Gasteiger charge is 2.18. The van der Waals surface area contributed by atoms with Crippen LogP contribution < -0.4 is 19.8 Å². The quantitative estimate of drug-likeness (QED) is 0.288. The van der Waals surface area contributed by atoms with Crippen LogP contribution in [-0.2, 0) is 16.6 Å². The summed E-state index contributed by atoms with van der Waals surface area (Å²) >= 11 is 5.84. The average molecular weight is 505 g/mol. The van der Waals surface area contributed by atoms with Crippen LogP contribution in [-0.4, -0.2) is 25.4 Å². The molecule has 0 radical (unpaired) electrons. The first kappa shape index (κ1) is 23.6. The lowest BCUT2D eigenvalue weighted by atomic mass is 9.99. The summed E-state index contributed by atoms with van der Waals surface area (Å²) in [4.78, 5) is 20.7. The van der Waals surface area contributed by atoms with Gasteiger partial charge in [-0.1, -0.05) is 23.7 Å². The molecule has 0 aliphatic rings. The summed E-state index contributed by atoms with van der Waals surface area (Å²) in [6, 6.07) is 10.7. The lowest BCUT2D eigenvalue weighted by Crippen LogP contribution is -2.27. The van der Waals surface area contributed by atoms with Gasteiger partial charge < -0.3 is 9.15 Å². The molecule has 0 saturated carbocycles. The number of aromatic nitrogens is 2. The molecular weight excluding hydrogens is 487 g/mol. The second-order valence-corrected chi connectivity index (χ2v) is 9.19. The van der Waals surface area contributed by atoms with Crippen LogP contribution in [0.15, 0.2) is 57.9 Å². The predicted octanol–water partition coefficient (Wildman–Crippen LogP) is 3.94. The van der Waals surface area contributed by atoms with E-state index in [-0.39, 0.29) is 40.0 Å². The minimum atomic E-state index is -3.91. The first-order chi connectivity index (χ1) is 16.2. The number of rotatable bonds is 7. The van der Waals surface area contributed by atoms with E-state index in [1.54, 1.807) is 19.1 Å². The third kappa shape index (κ3) is 5.01. The Labute approximate surface area is 198 Å². The van der Waals surface area contributed by atoms with Crippen molar-refractivity contribution < 1.29 is 22.0 Å². The molecule has 34 heavy (non-hydrogen) atoms. The molecule has 0 fully saturated rings. The highest BCUT2D eigenvalue weighted by atomic mass is 35.5. The molecule has 0 saturated heterocycles. The summed E-state index contributed by atoms with van der Waals surface area (Å²) in [6.45, 7) is 1.72. The number of fused-ring (bicyclic) bond motifs is 1. The summed E-state index contributed by atoms with van der Waals surface area (Å²) < 4.78 is 53.6. The van der Waals surface area contributed by atoms with E-state index in [9.17, 15) is 17.6 Å². The first-order valence-electron chi connectivity index (χ1n) is 9.88. The lowest BCUT2D eigenvalue weighted by molar-refractivity contribution is 0.440. The average Bonchev–Trinajstić information content (AvgIpc) is 2.78. The van der Waals surface area contributed by atoms with Crippen LogP contribution in [0.2, 0.25) is 5.15 Å². The molecule has 0 spiro atoms. The molecule has 9 nitrogen and oxygen atoms in total. The Bertz CT molecular complexity index is 1560. The maximum Gasteiger partial charge on any atom is 0.340 e. The molecule has 2 aromatic carbocycles. The molecule has 2 N–H and O–H groups in total. The van der Waals surface area contributed by atoms with E-state index < -0.39 is 21.7 Å². The Hall–Kier alpha value is -3.54. The number of hydrogen-bond acceptors (Lipinski definition) is 7. The summed E-state index contributed by atoms with van der Waals surface area (Å²) in [5.74, 6) is -0.453. The number of anilines is 1. The van der Waals surface area contributed by atoms with Crippen molar-refractivity contribution in [1.82, 2.24) is 14.7 Å². The Morgan fingerprint density at radius 3 is 2.74 bits per heavy atom. The van der Waals surface area contributed by atoms with Crippen molar-refractivity contribution in [3.05, 3.63) is 86.7 Å². The molecule has 2 aromatic heterocycles. The number of hydrogen-bond donors (Lipinski definition) is 2. The fourth-order valence-electron chi connectivity index (χ4n) is 3.30. The molecule has 176 valence electrons. The smallest absolute Gasteiger partial charge is 0.340 e. The molecule has 2 heterocycles. The largest absolute Gasteiger partial charge is 0.424 e. The van der Waals surface area contributed by atoms with Gasteiger partial charge in [0.05, 0.1) is 5.69 Å². The summed E-state index contributed by atoms with van der Waals surface area (Å²) in [7, 11) is -2.71. The van der Waals surface area contributed by atoms with E-state index >= 15 is 0 Å². The van der Waals surface area contributed by atoms with Crippen molar-refractivity contribution in [2.45, 2.75) is 13.3 Å². The van der Waals surface area contributed by atoms with Crippen molar-refractivity contribution in [1.29, 1.82) is 0 Å². The monoisotopic (exact) mass is 504 g/mol. The van der Waals surface area contributed by atoms with Gasteiger partial charge in [-0.05, 0) is 42.3 Å². The van der Waals surface area contributed by atoms with Gasteiger partial charge in [0.1, 0.15) is 16.5 Å². The number of nitrogens with one attached hydrogen (secondary N) is 2. The molecule has 4 aromatic rings. The topological polar surface area (TPSA) is 123 Å². The SMILES string of the molecule is CNS(=O)(=O)Nc1cccc(Cc2c(C)c3ccc(Oc4nccc(Cl)n4)cc3oc2=O)c1F. The van der Waals surface area contributed by atoms with Crippen molar-refractivity contribution in [3.8, 4) is 11.8 Å². The van der Waals surface area contributed by atoms with Crippen molar-refractivity contribution in [3.63, 3.8) is 0 Å². The van der Waals surface area contributed by atoms with Crippen LogP contribution in [0.25, 0.3) is 11.0 Å². The van der Waals surface area contributed by atoms with Crippen molar-refractivity contribution in [2.24, 2.45) is 0 Å². The van der Waals surface area contributed by atoms with Crippen LogP contribution in [0.5, 0.6) is 11.8 Å². The number of halogens is 2. The highest BCUT2D eigenvalue weighted by molar-refractivity contribution is 7.90. The third-order valence-corrected chi connectivity index (χ3v) is 6.26. The summed E-state index contributed by atoms with van der Waals surface area (Å²) in [5.41, 5.74) is 0.344. The van der Waals surface area contributed by atoms with Gasteiger partial charge >= 0.3 is 11.6 Å². The fourth-order valence-corrected chi connectivity index (χ4v) is 3.98. The molecule has 0 bridgehead atoms. The zero-order chi connectivity index (χ0) is 24.5. The summed E-state index contributed by atoms with van der Waals surface area (Å²) in [5, 5.41) is 0.842. The van der Waals surface area contributed by atoms with Crippen LogP contribution in [0.4, 0.5) is 10.1 Å².